The number of morpholine rings is 1. The summed E-state index contributed by atoms with van der Waals surface area (Å²) in [5.41, 5.74) is 0. The molecule has 2 atom stereocenters. The molecule has 0 aromatic carbocycles. The Morgan fingerprint density at radius 3 is 2.73 bits per heavy atom. The molecule has 15 heavy (non-hydrogen) atoms. The van der Waals surface area contributed by atoms with Gasteiger partial charge in [-0.3, -0.25) is 10.2 Å². The van der Waals surface area contributed by atoms with Gasteiger partial charge in [0.25, 0.3) is 0 Å². The van der Waals surface area contributed by atoms with E-state index in [9.17, 15) is 9.28 Å². The van der Waals surface area contributed by atoms with Gasteiger partial charge in [-0.05, 0) is 7.05 Å². The first-order valence-corrected chi connectivity index (χ1v) is 4.88. The predicted molar refractivity (Wildman–Crippen MR) is 48.5 cm³/mol. The molecule has 86 valence electrons. The minimum Gasteiger partial charge on any atom is -0.425 e. The lowest BCUT2D eigenvalue weighted by Crippen LogP contribution is -2.54. The average Bonchev–Trinajstić information content (AvgIpc) is 2.56. The normalized spacial score (nSPS) is 33.2. The van der Waals surface area contributed by atoms with Crippen molar-refractivity contribution in [2.45, 2.75) is 12.4 Å². The van der Waals surface area contributed by atoms with Crippen LogP contribution in [0, 0.1) is 0 Å². The Morgan fingerprint density at radius 2 is 2.13 bits per heavy atom. The van der Waals surface area contributed by atoms with Crippen molar-refractivity contribution < 1.29 is 18.7 Å². The molecule has 2 saturated heterocycles. The van der Waals surface area contributed by atoms with Crippen LogP contribution in [0.15, 0.2) is 0 Å². The molecule has 0 radical (unpaired) electrons. The molecule has 0 aliphatic carbocycles. The molecule has 2 heterocycles. The molecule has 6 nitrogen and oxygen atoms in total. The lowest BCUT2D eigenvalue weighted by Gasteiger charge is -2.33. The van der Waals surface area contributed by atoms with Crippen molar-refractivity contribution in [1.29, 1.82) is 0 Å². The third kappa shape index (κ3) is 1.90. The maximum Gasteiger partial charge on any atom is 0.441 e. The third-order valence-electron chi connectivity index (χ3n) is 2.61. The first kappa shape index (κ1) is 10.6. The molecule has 2 fully saturated rings. The topological polar surface area (TPSA) is 54.0 Å². The maximum atomic E-state index is 13.4. The van der Waals surface area contributed by atoms with Gasteiger partial charge >= 0.3 is 6.09 Å². The van der Waals surface area contributed by atoms with E-state index in [1.165, 1.54) is 0 Å². The van der Waals surface area contributed by atoms with Crippen molar-refractivity contribution in [3.63, 3.8) is 0 Å². The number of nitrogens with zero attached hydrogens (tertiary/aromatic N) is 2. The Labute approximate surface area is 86.8 Å². The number of amides is 1. The van der Waals surface area contributed by atoms with Crippen molar-refractivity contribution >= 4 is 6.09 Å². The summed E-state index contributed by atoms with van der Waals surface area (Å²) in [6.45, 7) is 2.30. The van der Waals surface area contributed by atoms with Crippen molar-refractivity contribution in [2.75, 3.05) is 33.4 Å². The standard InChI is InChI=1S/C8H14FN3O3/c1-10-6-7(12(9)8(13)15-6)11-2-4-14-5-3-11/h6-7,10H,2-5H2,1H3. The molecule has 2 aliphatic heterocycles. The summed E-state index contributed by atoms with van der Waals surface area (Å²) in [5.74, 6) is 0. The molecule has 2 unspecified atom stereocenters. The number of nitrogens with one attached hydrogen (secondary N) is 1. The van der Waals surface area contributed by atoms with Crippen LogP contribution < -0.4 is 5.32 Å². The molecule has 7 heteroatoms. The quantitative estimate of drug-likeness (QED) is 0.636. The molecule has 2 aliphatic rings. The number of cyclic esters (lactones) is 1. The SMILES string of the molecule is CNC1OC(=O)N(F)C1N1CCOCC1. The van der Waals surface area contributed by atoms with Gasteiger partial charge in [0.2, 0.25) is 0 Å². The zero-order valence-corrected chi connectivity index (χ0v) is 8.48. The Morgan fingerprint density at radius 1 is 1.47 bits per heavy atom. The number of hydrogen-bond donors (Lipinski definition) is 1. The van der Waals surface area contributed by atoms with Crippen LogP contribution in [0.4, 0.5) is 9.28 Å². The number of rotatable bonds is 2. The molecule has 0 spiro atoms. The summed E-state index contributed by atoms with van der Waals surface area (Å²) < 4.78 is 23.4. The van der Waals surface area contributed by atoms with Crippen molar-refractivity contribution in [2.24, 2.45) is 0 Å². The fraction of sp³-hybridized carbons (Fsp3) is 0.875. The average molecular weight is 219 g/mol. The number of carbonyl (C=O) groups excluding carboxylic acids is 1. The number of carbonyl (C=O) groups is 1. The molecule has 2 rings (SSSR count). The summed E-state index contributed by atoms with van der Waals surface area (Å²) in [6, 6.07) is 0. The van der Waals surface area contributed by atoms with E-state index in [4.69, 9.17) is 9.47 Å². The summed E-state index contributed by atoms with van der Waals surface area (Å²) in [7, 11) is 1.63. The molecule has 1 amide bonds. The van der Waals surface area contributed by atoms with Gasteiger partial charge in [-0.25, -0.2) is 4.79 Å². The van der Waals surface area contributed by atoms with Gasteiger partial charge in [-0.1, -0.05) is 4.48 Å². The minimum absolute atomic E-state index is 0.131. The monoisotopic (exact) mass is 219 g/mol. The Hall–Kier alpha value is -0.920. The summed E-state index contributed by atoms with van der Waals surface area (Å²) in [6.07, 6.45) is -2.25. The van der Waals surface area contributed by atoms with E-state index < -0.39 is 18.5 Å². The van der Waals surface area contributed by atoms with Gasteiger partial charge in [0.05, 0.1) is 13.2 Å². The van der Waals surface area contributed by atoms with Crippen LogP contribution in [0.3, 0.4) is 0 Å². The van der Waals surface area contributed by atoms with E-state index in [0.717, 1.165) is 0 Å². The van der Waals surface area contributed by atoms with E-state index in [1.54, 1.807) is 7.05 Å². The molecule has 0 aromatic heterocycles. The second-order valence-corrected chi connectivity index (χ2v) is 3.47. The van der Waals surface area contributed by atoms with Crippen LogP contribution in [0.25, 0.3) is 0 Å². The van der Waals surface area contributed by atoms with Gasteiger partial charge in [0, 0.05) is 13.1 Å². The van der Waals surface area contributed by atoms with Crippen LogP contribution >= 0.6 is 0 Å². The first-order chi connectivity index (χ1) is 7.24. The van der Waals surface area contributed by atoms with Crippen LogP contribution in [-0.2, 0) is 9.47 Å². The van der Waals surface area contributed by atoms with Gasteiger partial charge < -0.3 is 9.47 Å². The molecular weight excluding hydrogens is 205 g/mol. The van der Waals surface area contributed by atoms with E-state index in [0.29, 0.717) is 26.3 Å². The van der Waals surface area contributed by atoms with Gasteiger partial charge in [-0.15, -0.1) is 5.12 Å². The largest absolute Gasteiger partial charge is 0.441 e. The second kappa shape index (κ2) is 4.30. The summed E-state index contributed by atoms with van der Waals surface area (Å²) in [5, 5.41) is 2.90. The Balaban J connectivity index is 2.06. The molecule has 0 saturated carbocycles. The first-order valence-electron chi connectivity index (χ1n) is 4.88. The van der Waals surface area contributed by atoms with Crippen LogP contribution in [0.5, 0.6) is 0 Å². The second-order valence-electron chi connectivity index (χ2n) is 3.47. The zero-order valence-electron chi connectivity index (χ0n) is 8.48. The number of hydrogen-bond acceptors (Lipinski definition) is 5. The van der Waals surface area contributed by atoms with E-state index in [1.807, 2.05) is 4.90 Å². The Kier molecular flexibility index (Phi) is 3.03. The highest BCUT2D eigenvalue weighted by Crippen LogP contribution is 2.22. The highest BCUT2D eigenvalue weighted by molar-refractivity contribution is 5.69. The van der Waals surface area contributed by atoms with Crippen molar-refractivity contribution in [3.05, 3.63) is 0 Å². The van der Waals surface area contributed by atoms with E-state index in [-0.39, 0.29) is 5.12 Å². The van der Waals surface area contributed by atoms with E-state index >= 15 is 0 Å². The summed E-state index contributed by atoms with van der Waals surface area (Å²) in [4.78, 5) is 12.9. The van der Waals surface area contributed by atoms with Crippen LogP contribution in [-0.4, -0.2) is 61.9 Å². The van der Waals surface area contributed by atoms with Crippen LogP contribution in [0.1, 0.15) is 0 Å². The van der Waals surface area contributed by atoms with Gasteiger partial charge in [0.15, 0.2) is 12.4 Å². The molecule has 0 bridgehead atoms. The lowest BCUT2D eigenvalue weighted by atomic mass is 10.3. The van der Waals surface area contributed by atoms with E-state index in [2.05, 4.69) is 5.32 Å². The molecule has 0 aromatic rings. The highest BCUT2D eigenvalue weighted by Gasteiger charge is 2.45. The third-order valence-corrected chi connectivity index (χ3v) is 2.61. The lowest BCUT2D eigenvalue weighted by molar-refractivity contribution is -0.0801. The van der Waals surface area contributed by atoms with Crippen LogP contribution in [0.2, 0.25) is 0 Å². The molecule has 1 N–H and O–H groups in total. The number of likely N-dealkylation sites (N-methyl/N-ethyl adjacent to an activating group) is 1. The van der Waals surface area contributed by atoms with Gasteiger partial charge in [0.1, 0.15) is 0 Å². The smallest absolute Gasteiger partial charge is 0.425 e. The van der Waals surface area contributed by atoms with Crippen molar-refractivity contribution in [1.82, 2.24) is 15.3 Å². The number of ether oxygens (including phenoxy) is 2. The van der Waals surface area contributed by atoms with Gasteiger partial charge in [-0.2, -0.15) is 0 Å². The summed E-state index contributed by atoms with van der Waals surface area (Å²) >= 11 is 0. The predicted octanol–water partition coefficient (Wildman–Crippen LogP) is -0.473. The number of halogens is 1. The Bertz CT molecular complexity index is 247. The molecular formula is C8H14FN3O3. The highest BCUT2D eigenvalue weighted by atomic mass is 19.2. The maximum absolute atomic E-state index is 13.4. The fourth-order valence-electron chi connectivity index (χ4n) is 1.83. The minimum atomic E-state index is -0.939. The fourth-order valence-corrected chi connectivity index (χ4v) is 1.83. The van der Waals surface area contributed by atoms with Crippen molar-refractivity contribution in [3.8, 4) is 0 Å². The zero-order chi connectivity index (χ0) is 10.8.